The zero-order chi connectivity index (χ0) is 14.9. The number of esters is 1. The topological polar surface area (TPSA) is 80.0 Å². The largest absolute Gasteiger partial charge is 0.459 e. The number of pyridine rings is 1. The van der Waals surface area contributed by atoms with Crippen LogP contribution in [0.5, 0.6) is 0 Å². The molecule has 0 atom stereocenters. The maximum Gasteiger partial charge on any atom is 0.320 e. The third kappa shape index (κ3) is 9.92. The van der Waals surface area contributed by atoms with Crippen molar-refractivity contribution in [3.05, 3.63) is 28.5 Å². The summed E-state index contributed by atoms with van der Waals surface area (Å²) in [7, 11) is 0. The lowest BCUT2D eigenvalue weighted by molar-refractivity contribution is -0.153. The summed E-state index contributed by atoms with van der Waals surface area (Å²) in [5.41, 5.74) is -0.0297. The van der Waals surface area contributed by atoms with E-state index in [1.807, 2.05) is 0 Å². The second kappa shape index (κ2) is 8.38. The predicted molar refractivity (Wildman–Crippen MR) is 73.4 cm³/mol. The number of hydrogen-bond donors (Lipinski definition) is 0. The van der Waals surface area contributed by atoms with E-state index in [4.69, 9.17) is 10.00 Å². The molecule has 1 heterocycles. The van der Waals surface area contributed by atoms with Gasteiger partial charge in [-0.1, -0.05) is 6.07 Å². The molecule has 6 heteroatoms. The Bertz CT molecular complexity index is 476. The number of aldehydes is 1. The number of rotatable bonds is 2. The minimum atomic E-state index is -0.478. The molecule has 0 aliphatic heterocycles. The van der Waals surface area contributed by atoms with Gasteiger partial charge in [-0.05, 0) is 48.8 Å². The van der Waals surface area contributed by atoms with E-state index in [-0.39, 0.29) is 6.42 Å². The smallest absolute Gasteiger partial charge is 0.320 e. The summed E-state index contributed by atoms with van der Waals surface area (Å²) in [6.45, 7) is 5.30. The molecule has 1 rings (SSSR count). The summed E-state index contributed by atoms with van der Waals surface area (Å²) in [5.74, 6) is -0.463. The molecule has 0 aliphatic carbocycles. The summed E-state index contributed by atoms with van der Waals surface area (Å²) < 4.78 is 5.50. The van der Waals surface area contributed by atoms with Crippen LogP contribution in [0.4, 0.5) is 0 Å². The second-order valence-electron chi connectivity index (χ2n) is 4.42. The fourth-order valence-corrected chi connectivity index (χ4v) is 1.29. The molecule has 0 fully saturated rings. The van der Waals surface area contributed by atoms with E-state index in [0.29, 0.717) is 16.6 Å². The van der Waals surface area contributed by atoms with E-state index in [0.717, 1.165) is 0 Å². The molecule has 0 aromatic carbocycles. The molecule has 0 aliphatic rings. The van der Waals surface area contributed by atoms with Crippen LogP contribution in [-0.4, -0.2) is 22.8 Å². The number of carbonyl (C=O) groups is 2. The number of ether oxygens (including phenoxy) is 1. The van der Waals surface area contributed by atoms with Crippen molar-refractivity contribution in [2.24, 2.45) is 0 Å². The highest BCUT2D eigenvalue weighted by atomic mass is 79.9. The summed E-state index contributed by atoms with van der Waals surface area (Å²) in [4.78, 5) is 24.5. The lowest BCUT2D eigenvalue weighted by Gasteiger charge is -2.18. The van der Waals surface area contributed by atoms with Gasteiger partial charge in [-0.25, -0.2) is 4.98 Å². The Kier molecular flexibility index (Phi) is 7.61. The first kappa shape index (κ1) is 17.3. The number of carbonyl (C=O) groups excluding carboxylic acids is 2. The van der Waals surface area contributed by atoms with Gasteiger partial charge in [0.15, 0.2) is 6.29 Å². The van der Waals surface area contributed by atoms with Gasteiger partial charge >= 0.3 is 5.97 Å². The zero-order valence-corrected chi connectivity index (χ0v) is 12.6. The molecular weight excluding hydrogens is 312 g/mol. The van der Waals surface area contributed by atoms with Crippen molar-refractivity contribution >= 4 is 28.2 Å². The third-order valence-electron chi connectivity index (χ3n) is 1.50. The van der Waals surface area contributed by atoms with Crippen molar-refractivity contribution < 1.29 is 14.3 Å². The van der Waals surface area contributed by atoms with Crippen LogP contribution in [0.15, 0.2) is 22.8 Å². The molecule has 0 saturated heterocycles. The van der Waals surface area contributed by atoms with Crippen molar-refractivity contribution in [3.63, 3.8) is 0 Å². The molecule has 0 bridgehead atoms. The molecular formula is C13H15BrN2O3. The standard InChI is InChI=1S/C7H11NO2.C6H4BrNO/c1-7(2,3)10-6(9)4-5-8;7-6-3-1-2-5(4-9)8-6/h4H2,1-3H3;1-4H. The monoisotopic (exact) mass is 326 g/mol. The van der Waals surface area contributed by atoms with E-state index < -0.39 is 11.6 Å². The molecule has 0 saturated carbocycles. The summed E-state index contributed by atoms with van der Waals surface area (Å²) in [6.07, 6.45) is 0.544. The van der Waals surface area contributed by atoms with Crippen molar-refractivity contribution in [1.82, 2.24) is 4.98 Å². The fraction of sp³-hybridized carbons (Fsp3) is 0.385. The Hall–Kier alpha value is -1.74. The van der Waals surface area contributed by atoms with Crippen LogP contribution >= 0.6 is 15.9 Å². The highest BCUT2D eigenvalue weighted by Crippen LogP contribution is 2.07. The van der Waals surface area contributed by atoms with E-state index >= 15 is 0 Å². The normalized spacial score (nSPS) is 9.63. The lowest BCUT2D eigenvalue weighted by atomic mass is 10.2. The van der Waals surface area contributed by atoms with Crippen LogP contribution in [0.3, 0.4) is 0 Å². The SMILES string of the molecule is CC(C)(C)OC(=O)CC#N.O=Cc1cccc(Br)n1. The van der Waals surface area contributed by atoms with E-state index in [1.54, 1.807) is 45.0 Å². The maximum absolute atomic E-state index is 10.6. The molecule has 0 radical (unpaired) electrons. The highest BCUT2D eigenvalue weighted by Gasteiger charge is 2.15. The average molecular weight is 327 g/mol. The Morgan fingerprint density at radius 3 is 2.53 bits per heavy atom. The van der Waals surface area contributed by atoms with Gasteiger partial charge < -0.3 is 4.74 Å². The van der Waals surface area contributed by atoms with Crippen molar-refractivity contribution in [1.29, 1.82) is 5.26 Å². The zero-order valence-electron chi connectivity index (χ0n) is 11.0. The van der Waals surface area contributed by atoms with E-state index in [2.05, 4.69) is 20.9 Å². The minimum Gasteiger partial charge on any atom is -0.459 e. The summed E-state index contributed by atoms with van der Waals surface area (Å²) >= 11 is 3.13. The van der Waals surface area contributed by atoms with Crippen LogP contribution in [0, 0.1) is 11.3 Å². The minimum absolute atomic E-state index is 0.169. The Morgan fingerprint density at radius 1 is 1.53 bits per heavy atom. The highest BCUT2D eigenvalue weighted by molar-refractivity contribution is 9.10. The van der Waals surface area contributed by atoms with Crippen molar-refractivity contribution in [2.75, 3.05) is 0 Å². The van der Waals surface area contributed by atoms with E-state index in [9.17, 15) is 9.59 Å². The first-order chi connectivity index (χ1) is 8.78. The van der Waals surface area contributed by atoms with Crippen LogP contribution in [0.2, 0.25) is 0 Å². The molecule has 0 amide bonds. The van der Waals surface area contributed by atoms with Gasteiger partial charge in [-0.2, -0.15) is 5.26 Å². The van der Waals surface area contributed by atoms with Gasteiger partial charge in [0.2, 0.25) is 0 Å². The number of aromatic nitrogens is 1. The van der Waals surface area contributed by atoms with Gasteiger partial charge in [-0.15, -0.1) is 0 Å². The van der Waals surface area contributed by atoms with Gasteiger partial charge in [0.1, 0.15) is 22.3 Å². The Balaban J connectivity index is 0.000000342. The molecule has 1 aromatic heterocycles. The first-order valence-corrected chi connectivity index (χ1v) is 6.24. The van der Waals surface area contributed by atoms with Gasteiger partial charge in [0.05, 0.1) is 6.07 Å². The number of halogens is 1. The molecule has 0 N–H and O–H groups in total. The number of nitriles is 1. The van der Waals surface area contributed by atoms with Crippen LogP contribution in [0.25, 0.3) is 0 Å². The lowest BCUT2D eigenvalue weighted by Crippen LogP contribution is -2.23. The molecule has 0 unspecified atom stereocenters. The molecule has 102 valence electrons. The molecule has 0 spiro atoms. The average Bonchev–Trinajstić information content (AvgIpc) is 2.27. The second-order valence-corrected chi connectivity index (χ2v) is 5.24. The number of nitrogens with zero attached hydrogens (tertiary/aromatic N) is 2. The van der Waals surface area contributed by atoms with Gasteiger partial charge in [0.25, 0.3) is 0 Å². The number of hydrogen-bond acceptors (Lipinski definition) is 5. The van der Waals surface area contributed by atoms with Gasteiger partial charge in [0, 0.05) is 0 Å². The first-order valence-electron chi connectivity index (χ1n) is 5.45. The summed E-state index contributed by atoms with van der Waals surface area (Å²) in [5, 5.41) is 8.08. The third-order valence-corrected chi connectivity index (χ3v) is 1.94. The molecule has 19 heavy (non-hydrogen) atoms. The van der Waals surface area contributed by atoms with Crippen LogP contribution < -0.4 is 0 Å². The quantitative estimate of drug-likeness (QED) is 0.474. The van der Waals surface area contributed by atoms with Gasteiger partial charge in [-0.3, -0.25) is 9.59 Å². The maximum atomic E-state index is 10.6. The van der Waals surface area contributed by atoms with E-state index in [1.165, 1.54) is 0 Å². The Labute approximate surface area is 120 Å². The fourth-order valence-electron chi connectivity index (χ4n) is 0.932. The predicted octanol–water partition coefficient (Wildman–Crippen LogP) is 2.90. The molecule has 5 nitrogen and oxygen atoms in total. The molecule has 1 aromatic rings. The van der Waals surface area contributed by atoms with Crippen molar-refractivity contribution in [2.45, 2.75) is 32.8 Å². The summed E-state index contributed by atoms with van der Waals surface area (Å²) in [6, 6.07) is 6.90. The Morgan fingerprint density at radius 2 is 2.16 bits per heavy atom. The van der Waals surface area contributed by atoms with Crippen LogP contribution in [0.1, 0.15) is 37.7 Å². The van der Waals surface area contributed by atoms with Crippen LogP contribution in [-0.2, 0) is 9.53 Å². The van der Waals surface area contributed by atoms with Crippen molar-refractivity contribution in [3.8, 4) is 6.07 Å².